The molecule has 1 fully saturated rings. The predicted molar refractivity (Wildman–Crippen MR) is 122 cm³/mol. The molecule has 0 aliphatic carbocycles. The van der Waals surface area contributed by atoms with E-state index in [1.165, 1.54) is 19.4 Å². The number of fused-ring (bicyclic) bond motifs is 1. The molecule has 4 rings (SSSR count). The summed E-state index contributed by atoms with van der Waals surface area (Å²) in [5.74, 6) is 1.70. The molecule has 0 spiro atoms. The van der Waals surface area contributed by atoms with Gasteiger partial charge < -0.3 is 12.2 Å². The van der Waals surface area contributed by atoms with E-state index >= 15 is 0 Å². The van der Waals surface area contributed by atoms with Gasteiger partial charge in [-0.25, -0.2) is 0 Å². The minimum absolute atomic E-state index is 0. The van der Waals surface area contributed by atoms with Gasteiger partial charge in [-0.3, -0.25) is 0 Å². The van der Waals surface area contributed by atoms with Crippen molar-refractivity contribution in [3.63, 3.8) is 0 Å². The first-order valence-electron chi connectivity index (χ1n) is 9.94. The van der Waals surface area contributed by atoms with E-state index in [1.807, 2.05) is 25.4 Å². The molecular formula is C22H31N6OWY-. The quantitative estimate of drug-likeness (QED) is 0.408. The minimum Gasteiger partial charge on any atom is -0.358 e. The van der Waals surface area contributed by atoms with Gasteiger partial charge >= 0.3 is 164 Å². The van der Waals surface area contributed by atoms with Gasteiger partial charge in [0.2, 0.25) is 0 Å². The minimum atomic E-state index is 0. The molecule has 3 heterocycles. The van der Waals surface area contributed by atoms with Crippen LogP contribution in [0.4, 0.5) is 11.5 Å². The second kappa shape index (κ2) is 13.5. The third-order valence-corrected chi connectivity index (χ3v) is 5.72. The van der Waals surface area contributed by atoms with Crippen molar-refractivity contribution in [3.8, 4) is 11.4 Å². The molecule has 0 bridgehead atoms. The van der Waals surface area contributed by atoms with E-state index in [9.17, 15) is 0 Å². The fraction of sp³-hybridized carbons (Fsp3) is 0.364. The summed E-state index contributed by atoms with van der Waals surface area (Å²) in [6, 6.07) is 12.4. The Morgan fingerprint density at radius 1 is 1.06 bits per heavy atom. The van der Waals surface area contributed by atoms with Crippen LogP contribution in [-0.4, -0.2) is 52.1 Å². The Kier molecular flexibility index (Phi) is 12.3. The van der Waals surface area contributed by atoms with Crippen LogP contribution >= 0.6 is 0 Å². The van der Waals surface area contributed by atoms with Crippen molar-refractivity contribution < 1.29 is 56.8 Å². The van der Waals surface area contributed by atoms with Crippen LogP contribution in [0.15, 0.2) is 36.4 Å². The summed E-state index contributed by atoms with van der Waals surface area (Å²) in [6.45, 7) is 9.23. The molecule has 0 unspecified atom stereocenters. The Hall–Kier alpha value is -0.978. The van der Waals surface area contributed by atoms with E-state index in [-0.39, 0.29) is 40.1 Å². The second-order valence-electron chi connectivity index (χ2n) is 6.41. The third-order valence-electron chi connectivity index (χ3n) is 4.62. The van der Waals surface area contributed by atoms with Crippen LogP contribution in [0.5, 0.6) is 0 Å². The van der Waals surface area contributed by atoms with Gasteiger partial charge in [0, 0.05) is 32.7 Å². The van der Waals surface area contributed by atoms with Gasteiger partial charge in [-0.1, -0.05) is 13.8 Å². The van der Waals surface area contributed by atoms with E-state index in [0.29, 0.717) is 0 Å². The first-order valence-corrected chi connectivity index (χ1v) is 11.4. The number of aromatic nitrogens is 3. The average molecular weight is 668 g/mol. The Bertz CT molecular complexity index is 970. The molecule has 9 heteroatoms. The molecule has 1 radical (unpaired) electrons. The van der Waals surface area contributed by atoms with Crippen molar-refractivity contribution in [2.75, 3.05) is 43.6 Å². The van der Waals surface area contributed by atoms with Crippen LogP contribution in [0.1, 0.15) is 19.5 Å². The molecule has 0 atom stereocenters. The number of morpholine rings is 1. The Morgan fingerprint density at radius 2 is 1.71 bits per heavy atom. The Labute approximate surface area is 221 Å². The molecule has 2 N–H and O–H groups in total. The van der Waals surface area contributed by atoms with Crippen molar-refractivity contribution in [1.29, 1.82) is 0 Å². The Balaban J connectivity index is 0.00000117. The van der Waals surface area contributed by atoms with Crippen molar-refractivity contribution in [2.24, 2.45) is 0 Å². The molecule has 1 saturated heterocycles. The predicted octanol–water partition coefficient (Wildman–Crippen LogP) is 3.28. The van der Waals surface area contributed by atoms with Crippen molar-refractivity contribution in [2.45, 2.75) is 20.8 Å². The van der Waals surface area contributed by atoms with Crippen LogP contribution in [0, 0.1) is 14.4 Å². The normalized spacial score (nSPS) is 12.8. The zero-order valence-corrected chi connectivity index (χ0v) is 24.7. The van der Waals surface area contributed by atoms with E-state index < -0.39 is 0 Å². The number of nitrogens with one attached hydrogen (secondary N) is 2. The number of hydrogen-bond donors (Lipinski definition) is 2. The summed E-state index contributed by atoms with van der Waals surface area (Å²) in [5.41, 5.74) is 4.19. The molecule has 1 aliphatic rings. The standard InChI is InChI=1S/C19H22N6O.C2H6.CH3.W.Y/c1-14-3-8-17-19(24-9-11-26-12-10-24)22-18(23-25(14)17)15-4-6-16(7-5-15)21-13-20-2;1-2;;;/h3-8,20-21H,9-12H2,1-2H3;1-2H3;1H3;;/q;;-1;;. The SMILES string of the molecule is CC.CN[C](=[W])Nc1ccc(-c2nc(N3CCOCC3)c3ccc(C)n3n2)cc1.[CH3-].[Y]. The summed E-state index contributed by atoms with van der Waals surface area (Å²) in [4.78, 5) is 7.20. The molecular weight excluding hydrogens is 637 g/mol. The van der Waals surface area contributed by atoms with Crippen molar-refractivity contribution >= 4 is 21.2 Å². The third kappa shape index (κ3) is 6.75. The topological polar surface area (TPSA) is 66.7 Å². The second-order valence-corrected chi connectivity index (χ2v) is 7.88. The average Bonchev–Trinajstić information content (AvgIpc) is 3.16. The summed E-state index contributed by atoms with van der Waals surface area (Å²) in [5, 5.41) is 11.2. The molecule has 1 aromatic carbocycles. The number of rotatable bonds is 5. The molecule has 0 amide bonds. The first-order chi connectivity index (χ1) is 14.2. The smallest absolute Gasteiger partial charge is 0 e. The fourth-order valence-electron chi connectivity index (χ4n) is 3.13. The van der Waals surface area contributed by atoms with Crippen molar-refractivity contribution in [3.05, 3.63) is 49.5 Å². The fourth-order valence-corrected chi connectivity index (χ4v) is 3.56. The van der Waals surface area contributed by atoms with Crippen molar-refractivity contribution in [1.82, 2.24) is 19.9 Å². The summed E-state index contributed by atoms with van der Waals surface area (Å²) in [6.07, 6.45) is 0. The summed E-state index contributed by atoms with van der Waals surface area (Å²) >= 11 is 1.36. The molecule has 0 saturated carbocycles. The first kappa shape index (κ1) is 28.1. The van der Waals surface area contributed by atoms with Gasteiger partial charge in [0.1, 0.15) is 0 Å². The van der Waals surface area contributed by atoms with Gasteiger partial charge in [-0.2, -0.15) is 0 Å². The molecule has 2 aromatic heterocycles. The van der Waals surface area contributed by atoms with Gasteiger partial charge in [0.15, 0.2) is 0 Å². The van der Waals surface area contributed by atoms with Gasteiger partial charge in [-0.15, -0.1) is 0 Å². The maximum absolute atomic E-state index is 5.50. The maximum atomic E-state index is 5.50. The van der Waals surface area contributed by atoms with E-state index in [4.69, 9.17) is 14.8 Å². The van der Waals surface area contributed by atoms with E-state index in [0.717, 1.165) is 64.6 Å². The maximum Gasteiger partial charge on any atom is 0 e. The molecule has 165 valence electrons. The van der Waals surface area contributed by atoms with Crippen LogP contribution in [0.2, 0.25) is 0 Å². The Morgan fingerprint density at radius 3 is 2.32 bits per heavy atom. The van der Waals surface area contributed by atoms with Crippen LogP contribution in [0.25, 0.3) is 16.9 Å². The molecule has 1 aliphatic heterocycles. The zero-order chi connectivity index (χ0) is 20.8. The number of hydrogen-bond acceptors (Lipinski definition) is 6. The van der Waals surface area contributed by atoms with Crippen LogP contribution < -0.4 is 15.5 Å². The number of nitrogens with zero attached hydrogens (tertiary/aromatic N) is 4. The van der Waals surface area contributed by atoms with Crippen LogP contribution in [-0.2, 0) is 56.8 Å². The number of aryl methyl sites for hydroxylation is 1. The molecule has 31 heavy (non-hydrogen) atoms. The van der Waals surface area contributed by atoms with Gasteiger partial charge in [0.05, 0.1) is 0 Å². The number of benzene rings is 1. The monoisotopic (exact) mass is 668 g/mol. The zero-order valence-electron chi connectivity index (χ0n) is 19.0. The number of ether oxygens (including phenoxy) is 1. The van der Waals surface area contributed by atoms with Crippen LogP contribution in [0.3, 0.4) is 0 Å². The van der Waals surface area contributed by atoms with Gasteiger partial charge in [-0.05, 0) is 0 Å². The molecule has 3 aromatic rings. The summed E-state index contributed by atoms with van der Waals surface area (Å²) in [7, 11) is 1.92. The number of anilines is 2. The summed E-state index contributed by atoms with van der Waals surface area (Å²) < 4.78 is 8.57. The van der Waals surface area contributed by atoms with E-state index in [2.05, 4.69) is 58.9 Å². The largest absolute Gasteiger partial charge is 0.358 e. The molecule has 7 nitrogen and oxygen atoms in total. The van der Waals surface area contributed by atoms with E-state index in [1.54, 1.807) is 0 Å². The van der Waals surface area contributed by atoms with Gasteiger partial charge in [0.25, 0.3) is 0 Å².